The summed E-state index contributed by atoms with van der Waals surface area (Å²) in [5.41, 5.74) is 9.97. The Morgan fingerprint density at radius 1 is 0.926 bits per heavy atom. The van der Waals surface area contributed by atoms with Gasteiger partial charge in [-0.3, -0.25) is 4.90 Å². The number of benzene rings is 2. The zero-order valence-corrected chi connectivity index (χ0v) is 34.9. The van der Waals surface area contributed by atoms with Crippen molar-refractivity contribution < 1.29 is 28.7 Å². The maximum atomic E-state index is 13.9. The zero-order chi connectivity index (χ0) is 39.1. The fraction of sp³-hybridized carbons (Fsp3) is 0.511. The molecule has 292 valence electrons. The Morgan fingerprint density at radius 2 is 1.65 bits per heavy atom. The second-order valence-corrected chi connectivity index (χ2v) is 17.3. The van der Waals surface area contributed by atoms with E-state index in [4.69, 9.17) is 9.99 Å². The highest BCUT2D eigenvalue weighted by Crippen LogP contribution is 2.48. The second-order valence-electron chi connectivity index (χ2n) is 16.5. The first-order chi connectivity index (χ1) is 25.8. The first-order valence-electron chi connectivity index (χ1n) is 19.8. The largest absolute Gasteiger partial charge is 0.443 e. The van der Waals surface area contributed by atoms with Crippen LogP contribution in [0.15, 0.2) is 95.4 Å². The van der Waals surface area contributed by atoms with Gasteiger partial charge in [-0.15, -0.1) is 4.33 Å². The maximum absolute atomic E-state index is 13.9. The molecule has 0 saturated carbocycles. The summed E-state index contributed by atoms with van der Waals surface area (Å²) < 4.78 is 13.1. The van der Waals surface area contributed by atoms with E-state index in [0.717, 1.165) is 74.1 Å². The minimum absolute atomic E-state index is 0.151. The lowest BCUT2D eigenvalue weighted by atomic mass is 9.81. The monoisotopic (exact) mass is 756 g/mol. The van der Waals surface area contributed by atoms with Gasteiger partial charge >= 0.3 is 6.09 Å². The van der Waals surface area contributed by atoms with Crippen LogP contribution >= 0.6 is 12.0 Å². The van der Waals surface area contributed by atoms with Gasteiger partial charge in [0, 0.05) is 71.8 Å². The lowest BCUT2D eigenvalue weighted by molar-refractivity contribution is -0.438. The van der Waals surface area contributed by atoms with Crippen LogP contribution in [0.1, 0.15) is 118 Å². The molecule has 0 saturated heterocycles. The van der Waals surface area contributed by atoms with Crippen molar-refractivity contribution in [2.45, 2.75) is 124 Å². The number of amides is 1. The molecular formula is C45H62N3O5S+. The summed E-state index contributed by atoms with van der Waals surface area (Å²) in [4.78, 5) is 18.2. The Balaban J connectivity index is 1.57. The standard InChI is InChI=1S/C45H61N3O5S/c1-10-12-17-30-47-37-22-15-13-20-35(37)44(6,7)39(47)28-26-33-24-25-34(41(33)46(11-2)42(49)51-43(3,4)5)27-29-40-45(8,9)36-21-14-16-23-38(36)48(40)31-18-19-32-54-53-52-50/h13-16,20-23,26-29H,10-12,17-19,24-25,30-32H2,1-9H3/p+1. The number of allylic oxidation sites excluding steroid dienone is 7. The quantitative estimate of drug-likeness (QED) is 0.0601. The van der Waals surface area contributed by atoms with Crippen molar-refractivity contribution in [3.63, 3.8) is 0 Å². The van der Waals surface area contributed by atoms with Gasteiger partial charge in [-0.1, -0.05) is 80.8 Å². The molecule has 0 aromatic heterocycles. The van der Waals surface area contributed by atoms with Crippen molar-refractivity contribution in [1.29, 1.82) is 0 Å². The topological polar surface area (TPSA) is 74.5 Å². The van der Waals surface area contributed by atoms with Gasteiger partial charge in [-0.2, -0.15) is 4.58 Å². The molecule has 2 aromatic rings. The van der Waals surface area contributed by atoms with Crippen LogP contribution in [0.5, 0.6) is 0 Å². The van der Waals surface area contributed by atoms with Crippen molar-refractivity contribution in [1.82, 2.24) is 4.90 Å². The fourth-order valence-electron chi connectivity index (χ4n) is 8.21. The third-order valence-electron chi connectivity index (χ3n) is 10.9. The molecule has 3 aliphatic rings. The van der Waals surface area contributed by atoms with E-state index in [9.17, 15) is 4.79 Å². The van der Waals surface area contributed by atoms with Crippen molar-refractivity contribution >= 4 is 35.2 Å². The second kappa shape index (κ2) is 17.9. The van der Waals surface area contributed by atoms with Crippen LogP contribution in [0.2, 0.25) is 0 Å². The number of ether oxygens (including phenoxy) is 1. The van der Waals surface area contributed by atoms with Gasteiger partial charge < -0.3 is 9.64 Å². The Bertz CT molecular complexity index is 1810. The average molecular weight is 757 g/mol. The number of likely N-dealkylation sites (N-methyl/N-ethyl adjacent to an activating group) is 1. The number of carbonyl (C=O) groups is 1. The highest BCUT2D eigenvalue weighted by Gasteiger charge is 2.44. The molecule has 2 heterocycles. The van der Waals surface area contributed by atoms with Crippen LogP contribution in [-0.4, -0.2) is 57.5 Å². The molecule has 1 N–H and O–H groups in total. The van der Waals surface area contributed by atoms with Crippen molar-refractivity contribution in [3.8, 4) is 0 Å². The Kier molecular flexibility index (Phi) is 13.8. The molecule has 2 aliphatic heterocycles. The lowest BCUT2D eigenvalue weighted by Crippen LogP contribution is -2.36. The summed E-state index contributed by atoms with van der Waals surface area (Å²) in [7, 11) is 0. The predicted octanol–water partition coefficient (Wildman–Crippen LogP) is 11.6. The number of hydrogen-bond acceptors (Lipinski definition) is 7. The number of hydrogen-bond donors (Lipinski definition) is 1. The summed E-state index contributed by atoms with van der Waals surface area (Å²) in [5, 5.41) is 12.2. The molecule has 1 amide bonds. The number of para-hydroxylation sites is 2. The zero-order valence-electron chi connectivity index (χ0n) is 34.0. The molecular weight excluding hydrogens is 695 g/mol. The number of rotatable bonds is 16. The highest BCUT2D eigenvalue weighted by molar-refractivity contribution is 7.94. The van der Waals surface area contributed by atoms with Gasteiger partial charge in [0.05, 0.1) is 11.1 Å². The molecule has 0 radical (unpaired) electrons. The first kappa shape index (κ1) is 41.5. The highest BCUT2D eigenvalue weighted by atomic mass is 32.2. The van der Waals surface area contributed by atoms with E-state index in [1.165, 1.54) is 46.8 Å². The van der Waals surface area contributed by atoms with Crippen LogP contribution in [-0.2, 0) is 24.9 Å². The molecule has 0 atom stereocenters. The maximum Gasteiger partial charge on any atom is 0.414 e. The normalized spacial score (nSPS) is 19.1. The molecule has 0 spiro atoms. The minimum Gasteiger partial charge on any atom is -0.443 e. The lowest BCUT2D eigenvalue weighted by Gasteiger charge is -2.29. The fourth-order valence-corrected chi connectivity index (χ4v) is 8.64. The smallest absolute Gasteiger partial charge is 0.414 e. The number of carbonyl (C=O) groups excluding carboxylic acids is 1. The van der Waals surface area contributed by atoms with Crippen molar-refractivity contribution in [3.05, 3.63) is 107 Å². The SMILES string of the molecule is CCCCC[N+]1=C(C=CC2=C(N(CC)C(=O)OC(C)(C)C)C(=CC=C3N(CCCCSOOO)c4ccccc4C3(C)C)CC2)C(C)(C)c2ccccc21. The van der Waals surface area contributed by atoms with Gasteiger partial charge in [-0.05, 0) is 102 Å². The van der Waals surface area contributed by atoms with E-state index in [-0.39, 0.29) is 16.9 Å². The van der Waals surface area contributed by atoms with Gasteiger partial charge in [0.15, 0.2) is 5.71 Å². The van der Waals surface area contributed by atoms with Gasteiger partial charge in [-0.25, -0.2) is 10.1 Å². The van der Waals surface area contributed by atoms with Crippen molar-refractivity contribution in [2.75, 3.05) is 30.3 Å². The van der Waals surface area contributed by atoms with Crippen LogP contribution in [0.3, 0.4) is 0 Å². The average Bonchev–Trinajstić information content (AvgIpc) is 3.69. The molecule has 0 fully saturated rings. The van der Waals surface area contributed by atoms with E-state index in [1.807, 2.05) is 32.6 Å². The van der Waals surface area contributed by atoms with Gasteiger partial charge in [0.2, 0.25) is 5.69 Å². The summed E-state index contributed by atoms with van der Waals surface area (Å²) in [6, 6.07) is 17.5. The van der Waals surface area contributed by atoms with Crippen LogP contribution in [0, 0.1) is 0 Å². The molecule has 0 unspecified atom stereocenters. The van der Waals surface area contributed by atoms with E-state index in [0.29, 0.717) is 12.3 Å². The predicted molar refractivity (Wildman–Crippen MR) is 222 cm³/mol. The summed E-state index contributed by atoms with van der Waals surface area (Å²) in [6.07, 6.45) is 15.8. The number of anilines is 1. The van der Waals surface area contributed by atoms with Crippen LogP contribution < -0.4 is 4.90 Å². The molecule has 9 heteroatoms. The van der Waals surface area contributed by atoms with Crippen molar-refractivity contribution in [2.24, 2.45) is 0 Å². The molecule has 8 nitrogen and oxygen atoms in total. The summed E-state index contributed by atoms with van der Waals surface area (Å²) in [6.45, 7) is 21.6. The van der Waals surface area contributed by atoms with E-state index >= 15 is 0 Å². The molecule has 54 heavy (non-hydrogen) atoms. The third kappa shape index (κ3) is 9.07. The van der Waals surface area contributed by atoms with Crippen LogP contribution in [0.25, 0.3) is 0 Å². The molecule has 2 aromatic carbocycles. The van der Waals surface area contributed by atoms with E-state index in [2.05, 4.69) is 126 Å². The molecule has 5 rings (SSSR count). The molecule has 1 aliphatic carbocycles. The van der Waals surface area contributed by atoms with E-state index < -0.39 is 5.60 Å². The van der Waals surface area contributed by atoms with Gasteiger partial charge in [0.1, 0.15) is 12.1 Å². The Hall–Kier alpha value is -3.63. The Morgan fingerprint density at radius 3 is 2.35 bits per heavy atom. The number of nitrogens with zero attached hydrogens (tertiary/aromatic N) is 3. The molecule has 0 bridgehead atoms. The first-order valence-corrected chi connectivity index (χ1v) is 20.7. The van der Waals surface area contributed by atoms with Gasteiger partial charge in [0.25, 0.3) is 0 Å². The Labute approximate surface area is 328 Å². The number of unbranched alkanes of at least 4 members (excludes halogenated alkanes) is 3. The van der Waals surface area contributed by atoms with Crippen LogP contribution in [0.4, 0.5) is 16.2 Å². The summed E-state index contributed by atoms with van der Waals surface area (Å²) in [5.74, 6) is 0.712. The number of fused-ring (bicyclic) bond motifs is 2. The van der Waals surface area contributed by atoms with E-state index in [1.54, 1.807) is 0 Å². The summed E-state index contributed by atoms with van der Waals surface area (Å²) >= 11 is 1.10. The minimum atomic E-state index is -0.615. The third-order valence-corrected chi connectivity index (χ3v) is 11.5.